The van der Waals surface area contributed by atoms with E-state index in [1.54, 1.807) is 0 Å². The average Bonchev–Trinajstić information content (AvgIpc) is 3.50. The molecule has 0 bridgehead atoms. The van der Waals surface area contributed by atoms with Crippen LogP contribution < -0.4 is 10.6 Å². The van der Waals surface area contributed by atoms with Gasteiger partial charge in [-0.2, -0.15) is 0 Å². The van der Waals surface area contributed by atoms with Gasteiger partial charge < -0.3 is 4.57 Å². The molecule has 1 aromatic heterocycles. The molecule has 2 heterocycles. The molecular formula is C50H34N3OP. The Hall–Kier alpha value is -6.74. The van der Waals surface area contributed by atoms with Crippen LogP contribution in [0.25, 0.3) is 89.4 Å². The lowest BCUT2D eigenvalue weighted by Gasteiger charge is -2.17. The summed E-state index contributed by atoms with van der Waals surface area (Å²) in [5.41, 5.74) is 11.4. The van der Waals surface area contributed by atoms with E-state index in [9.17, 15) is 4.57 Å². The predicted molar refractivity (Wildman–Crippen MR) is 228 cm³/mol. The molecule has 1 aliphatic rings. The highest BCUT2D eigenvalue weighted by Crippen LogP contribution is 2.52. The number of fused-ring (bicyclic) bond motifs is 4. The maximum atomic E-state index is 14.5. The van der Waals surface area contributed by atoms with Gasteiger partial charge >= 0.3 is 0 Å². The molecule has 0 saturated carbocycles. The first-order valence-electron chi connectivity index (χ1n) is 18.4. The molecule has 5 heteroatoms. The van der Waals surface area contributed by atoms with Crippen molar-refractivity contribution in [1.29, 1.82) is 0 Å². The molecule has 4 nitrogen and oxygen atoms in total. The molecule has 1 unspecified atom stereocenters. The standard InChI is InChI=1S/C50H34N3OP/c1-55(54)46-25-11-10-22-43(46)44-24-13-23-42(47(44)55)40-31-38-18-8-9-21-41(38)45(32-40)34-26-28-36(29-27-34)49-51-48(35-16-6-3-7-17-35)52-50(53-49)39-20-12-19-37(30-39)33-14-4-2-5-15-33/h2-32H,1H3. The lowest BCUT2D eigenvalue weighted by atomic mass is 9.91. The van der Waals surface area contributed by atoms with Crippen LogP contribution >= 0.6 is 7.14 Å². The molecule has 10 rings (SSSR count). The van der Waals surface area contributed by atoms with Gasteiger partial charge in [0.2, 0.25) is 0 Å². The largest absolute Gasteiger partial charge is 0.314 e. The zero-order valence-corrected chi connectivity index (χ0v) is 31.0. The smallest absolute Gasteiger partial charge is 0.164 e. The van der Waals surface area contributed by atoms with Gasteiger partial charge in [0.15, 0.2) is 17.5 Å². The van der Waals surface area contributed by atoms with E-state index in [1.807, 2.05) is 61.3 Å². The highest BCUT2D eigenvalue weighted by Gasteiger charge is 2.36. The predicted octanol–water partition coefficient (Wildman–Crippen LogP) is 12.0. The van der Waals surface area contributed by atoms with Crippen LogP contribution in [-0.4, -0.2) is 21.6 Å². The number of aromatic nitrogens is 3. The number of nitrogens with zero attached hydrogens (tertiary/aromatic N) is 3. The Morgan fingerprint density at radius 1 is 0.364 bits per heavy atom. The van der Waals surface area contributed by atoms with Crippen molar-refractivity contribution >= 4 is 28.5 Å². The minimum absolute atomic E-state index is 0.609. The van der Waals surface area contributed by atoms with Gasteiger partial charge in [-0.3, -0.25) is 0 Å². The average molecular weight is 724 g/mol. The van der Waals surface area contributed by atoms with Gasteiger partial charge in [0.05, 0.1) is 0 Å². The van der Waals surface area contributed by atoms with Crippen LogP contribution in [0.4, 0.5) is 0 Å². The lowest BCUT2D eigenvalue weighted by molar-refractivity contribution is 0.591. The van der Waals surface area contributed by atoms with Crippen molar-refractivity contribution < 1.29 is 4.57 Å². The fraction of sp³-hybridized carbons (Fsp3) is 0.0200. The number of rotatable bonds is 6. The molecule has 55 heavy (non-hydrogen) atoms. The zero-order valence-electron chi connectivity index (χ0n) is 30.1. The maximum Gasteiger partial charge on any atom is 0.164 e. The summed E-state index contributed by atoms with van der Waals surface area (Å²) in [7, 11) is -2.80. The Bertz CT molecular complexity index is 2960. The van der Waals surface area contributed by atoms with Crippen molar-refractivity contribution in [2.45, 2.75) is 0 Å². The Kier molecular flexibility index (Phi) is 7.94. The lowest BCUT2D eigenvalue weighted by Crippen LogP contribution is -2.11. The van der Waals surface area contributed by atoms with Gasteiger partial charge in [0, 0.05) is 27.3 Å². The van der Waals surface area contributed by atoms with Gasteiger partial charge in [-0.25, -0.2) is 15.0 Å². The van der Waals surface area contributed by atoms with Crippen LogP contribution in [0.1, 0.15) is 0 Å². The Balaban J connectivity index is 1.08. The molecule has 1 aliphatic heterocycles. The van der Waals surface area contributed by atoms with Crippen LogP contribution in [-0.2, 0) is 4.57 Å². The van der Waals surface area contributed by atoms with Crippen molar-refractivity contribution in [3.8, 4) is 78.7 Å². The normalized spacial score (nSPS) is 14.4. The highest BCUT2D eigenvalue weighted by molar-refractivity contribution is 7.79. The summed E-state index contributed by atoms with van der Waals surface area (Å²) in [6, 6.07) is 64.7. The second-order valence-corrected chi connectivity index (χ2v) is 16.9. The molecule has 1 atom stereocenters. The summed E-state index contributed by atoms with van der Waals surface area (Å²) in [5, 5.41) is 4.17. The van der Waals surface area contributed by atoms with E-state index >= 15 is 0 Å². The number of benzene rings is 8. The van der Waals surface area contributed by atoms with Crippen molar-refractivity contribution in [1.82, 2.24) is 15.0 Å². The summed E-state index contributed by atoms with van der Waals surface area (Å²) in [4.78, 5) is 15.0. The Labute approximate surface area is 320 Å². The zero-order chi connectivity index (χ0) is 36.9. The maximum absolute atomic E-state index is 14.5. The minimum Gasteiger partial charge on any atom is -0.314 e. The molecule has 260 valence electrons. The van der Waals surface area contributed by atoms with Crippen LogP contribution in [0.5, 0.6) is 0 Å². The molecule has 0 fully saturated rings. The molecule has 0 aliphatic carbocycles. The summed E-state index contributed by atoms with van der Waals surface area (Å²) >= 11 is 0. The van der Waals surface area contributed by atoms with Gasteiger partial charge in [0.25, 0.3) is 0 Å². The Morgan fingerprint density at radius 2 is 0.891 bits per heavy atom. The van der Waals surface area contributed by atoms with Gasteiger partial charge in [-0.05, 0) is 80.1 Å². The van der Waals surface area contributed by atoms with Gasteiger partial charge in [-0.15, -0.1) is 0 Å². The first kappa shape index (κ1) is 32.9. The third-order valence-corrected chi connectivity index (χ3v) is 13.3. The van der Waals surface area contributed by atoms with E-state index < -0.39 is 7.14 Å². The summed E-state index contributed by atoms with van der Waals surface area (Å²) in [6.07, 6.45) is 0. The van der Waals surface area contributed by atoms with Crippen LogP contribution in [0.2, 0.25) is 0 Å². The van der Waals surface area contributed by atoms with Gasteiger partial charge in [-0.1, -0.05) is 170 Å². The third kappa shape index (κ3) is 5.79. The third-order valence-electron chi connectivity index (χ3n) is 10.6. The Morgan fingerprint density at radius 3 is 1.65 bits per heavy atom. The van der Waals surface area contributed by atoms with E-state index in [1.165, 1.54) is 0 Å². The quantitative estimate of drug-likeness (QED) is 0.160. The van der Waals surface area contributed by atoms with Crippen LogP contribution in [0.3, 0.4) is 0 Å². The molecule has 0 radical (unpaired) electrons. The molecule has 0 spiro atoms. The molecule has 9 aromatic rings. The fourth-order valence-electron chi connectivity index (χ4n) is 7.97. The van der Waals surface area contributed by atoms with Crippen molar-refractivity contribution in [2.75, 3.05) is 6.66 Å². The second-order valence-electron chi connectivity index (χ2n) is 14.1. The highest BCUT2D eigenvalue weighted by atomic mass is 31.2. The number of hydrogen-bond donors (Lipinski definition) is 0. The molecule has 0 saturated heterocycles. The molecule has 0 N–H and O–H groups in total. The first-order chi connectivity index (χ1) is 27.0. The van der Waals surface area contributed by atoms with Crippen molar-refractivity contribution in [2.24, 2.45) is 0 Å². The first-order valence-corrected chi connectivity index (χ1v) is 20.6. The van der Waals surface area contributed by atoms with E-state index in [0.29, 0.717) is 17.5 Å². The second kappa shape index (κ2) is 13.3. The van der Waals surface area contributed by atoms with E-state index in [4.69, 9.17) is 15.0 Å². The van der Waals surface area contributed by atoms with Gasteiger partial charge in [0.1, 0.15) is 7.14 Å². The number of hydrogen-bond acceptors (Lipinski definition) is 4. The topological polar surface area (TPSA) is 55.7 Å². The van der Waals surface area contributed by atoms with Crippen molar-refractivity contribution in [3.63, 3.8) is 0 Å². The molecule has 8 aromatic carbocycles. The van der Waals surface area contributed by atoms with E-state index in [2.05, 4.69) is 133 Å². The monoisotopic (exact) mass is 723 g/mol. The SMILES string of the molecule is CP1(=O)c2ccccc2-c2cccc(-c3cc(-c4ccc(-c5nc(-c6ccccc6)nc(-c6cccc(-c7ccccc7)c6)n5)cc4)c4ccccc4c3)c21. The fourth-order valence-corrected chi connectivity index (χ4v) is 10.6. The summed E-state index contributed by atoms with van der Waals surface area (Å²) < 4.78 is 14.5. The summed E-state index contributed by atoms with van der Waals surface area (Å²) in [5.74, 6) is 1.85. The molecule has 0 amide bonds. The minimum atomic E-state index is -2.80. The molecular weight excluding hydrogens is 690 g/mol. The van der Waals surface area contributed by atoms with E-state index in [0.717, 1.165) is 82.6 Å². The summed E-state index contributed by atoms with van der Waals surface area (Å²) in [6.45, 7) is 1.91. The van der Waals surface area contributed by atoms with Crippen LogP contribution in [0.15, 0.2) is 188 Å². The van der Waals surface area contributed by atoms with Crippen molar-refractivity contribution in [3.05, 3.63) is 188 Å². The van der Waals surface area contributed by atoms with E-state index in [-0.39, 0.29) is 0 Å². The van der Waals surface area contributed by atoms with Crippen LogP contribution in [0, 0.1) is 0 Å².